The van der Waals surface area contributed by atoms with Crippen LogP contribution in [0.4, 0.5) is 0 Å². The summed E-state index contributed by atoms with van der Waals surface area (Å²) in [4.78, 5) is 57.6. The van der Waals surface area contributed by atoms with E-state index in [0.717, 1.165) is 9.80 Å². The Morgan fingerprint density at radius 3 is 0.821 bits per heavy atom. The Balaban J connectivity index is 0. The molecule has 0 radical (unpaired) electrons. The number of carbonyl (C=O) groups is 5. The maximum absolute atomic E-state index is 11.0. The Labute approximate surface area is 177 Å². The maximum Gasteiger partial charge on any atom is 4.00 e. The van der Waals surface area contributed by atoms with Crippen molar-refractivity contribution in [3.63, 3.8) is 0 Å². The average molecular weight is 510 g/mol. The molecule has 0 aliphatic carbocycles. The molecule has 154 valence electrons. The molecule has 0 amide bonds. The van der Waals surface area contributed by atoms with Gasteiger partial charge in [0.05, 0.1) is 32.7 Å². The van der Waals surface area contributed by atoms with Crippen LogP contribution in [-0.2, 0) is 24.0 Å². The van der Waals surface area contributed by atoms with E-state index in [4.69, 9.17) is 25.5 Å². The summed E-state index contributed by atoms with van der Waals surface area (Å²) in [7, 11) is 0. The molecule has 28 heavy (non-hydrogen) atoms. The molecule has 0 spiro atoms. The molecule has 0 heterocycles. The van der Waals surface area contributed by atoms with Gasteiger partial charge >= 0.3 is 53.8 Å². The number of carboxylic acids is 5. The van der Waals surface area contributed by atoms with E-state index in [-0.39, 0.29) is 50.1 Å². The second kappa shape index (κ2) is 15.0. The summed E-state index contributed by atoms with van der Waals surface area (Å²) in [6.45, 7) is -2.74. The van der Waals surface area contributed by atoms with E-state index in [1.807, 2.05) is 0 Å². The molecular formula is C14H23N3O10Sn+4. The van der Waals surface area contributed by atoms with Gasteiger partial charge in [-0.1, -0.05) is 0 Å². The Hall–Kier alpha value is -1.97. The Kier molecular flexibility index (Phi) is 15.1. The fourth-order valence-corrected chi connectivity index (χ4v) is 2.22. The van der Waals surface area contributed by atoms with Crippen LogP contribution < -0.4 is 0 Å². The zero-order valence-corrected chi connectivity index (χ0v) is 17.8. The minimum atomic E-state index is -1.24. The molecule has 0 aromatic heterocycles. The van der Waals surface area contributed by atoms with E-state index in [1.165, 1.54) is 4.90 Å². The minimum absolute atomic E-state index is 0. The van der Waals surface area contributed by atoms with Gasteiger partial charge in [0.1, 0.15) is 0 Å². The summed E-state index contributed by atoms with van der Waals surface area (Å²) in [6.07, 6.45) is 0. The minimum Gasteiger partial charge on any atom is -0.480 e. The van der Waals surface area contributed by atoms with Crippen molar-refractivity contribution in [3.05, 3.63) is 0 Å². The van der Waals surface area contributed by atoms with E-state index in [2.05, 4.69) is 0 Å². The van der Waals surface area contributed by atoms with Crippen molar-refractivity contribution >= 4 is 53.8 Å². The van der Waals surface area contributed by atoms with Crippen molar-refractivity contribution < 1.29 is 49.5 Å². The summed E-state index contributed by atoms with van der Waals surface area (Å²) in [5.74, 6) is -6.16. The monoisotopic (exact) mass is 510 g/mol. The molecule has 0 aromatic carbocycles. The topological polar surface area (TPSA) is 196 Å². The van der Waals surface area contributed by atoms with Gasteiger partial charge in [0, 0.05) is 26.2 Å². The van der Waals surface area contributed by atoms with Crippen LogP contribution in [0.3, 0.4) is 0 Å². The summed E-state index contributed by atoms with van der Waals surface area (Å²) in [5.41, 5.74) is 0. The van der Waals surface area contributed by atoms with E-state index in [0.29, 0.717) is 0 Å². The molecule has 0 aliphatic heterocycles. The fraction of sp³-hybridized carbons (Fsp3) is 0.643. The van der Waals surface area contributed by atoms with Crippen LogP contribution in [0.15, 0.2) is 0 Å². The Morgan fingerprint density at radius 2 is 0.607 bits per heavy atom. The van der Waals surface area contributed by atoms with Crippen LogP contribution in [0, 0.1) is 0 Å². The van der Waals surface area contributed by atoms with Crippen molar-refractivity contribution in [1.29, 1.82) is 0 Å². The zero-order chi connectivity index (χ0) is 21.0. The quantitative estimate of drug-likeness (QED) is 0.131. The SMILES string of the molecule is O=C(O)CN(CCN(CC(=O)O)CC(=O)O)CCN(CC(=O)O)CC(=O)O.[117Sn+4]. The second-order valence-corrected chi connectivity index (χ2v) is 5.67. The molecule has 13 nitrogen and oxygen atoms in total. The zero-order valence-electron chi connectivity index (χ0n) is 15.0. The van der Waals surface area contributed by atoms with Crippen LogP contribution in [0.25, 0.3) is 0 Å². The van der Waals surface area contributed by atoms with Crippen LogP contribution in [0.2, 0.25) is 0 Å². The molecule has 14 heteroatoms. The molecule has 0 fully saturated rings. The third-order valence-electron chi connectivity index (χ3n) is 3.26. The van der Waals surface area contributed by atoms with Crippen molar-refractivity contribution in [2.75, 3.05) is 58.9 Å². The molecule has 0 bridgehead atoms. The van der Waals surface area contributed by atoms with E-state index in [9.17, 15) is 24.0 Å². The van der Waals surface area contributed by atoms with Gasteiger partial charge in [0.15, 0.2) is 0 Å². The van der Waals surface area contributed by atoms with Crippen LogP contribution >= 0.6 is 0 Å². The normalized spacial score (nSPS) is 10.7. The van der Waals surface area contributed by atoms with E-state index >= 15 is 0 Å². The van der Waals surface area contributed by atoms with Crippen molar-refractivity contribution in [1.82, 2.24) is 14.7 Å². The number of hydrogen-bond donors (Lipinski definition) is 5. The molecule has 0 rings (SSSR count). The molecule has 0 aromatic rings. The Morgan fingerprint density at radius 1 is 0.429 bits per heavy atom. The van der Waals surface area contributed by atoms with Crippen molar-refractivity contribution in [2.24, 2.45) is 0 Å². The number of hydrogen-bond acceptors (Lipinski definition) is 8. The number of nitrogens with zero attached hydrogens (tertiary/aromatic N) is 3. The predicted molar refractivity (Wildman–Crippen MR) is 93.3 cm³/mol. The summed E-state index contributed by atoms with van der Waals surface area (Å²) in [6, 6.07) is 0. The van der Waals surface area contributed by atoms with Crippen LogP contribution in [0.1, 0.15) is 0 Å². The average Bonchev–Trinajstić information content (AvgIpc) is 2.46. The predicted octanol–water partition coefficient (Wildman–Crippen LogP) is -3.07. The molecule has 5 N–H and O–H groups in total. The molecule has 0 atom stereocenters. The summed E-state index contributed by atoms with van der Waals surface area (Å²) >= 11 is 0. The Bertz CT molecular complexity index is 487. The molecule has 0 saturated heterocycles. The van der Waals surface area contributed by atoms with E-state index in [1.54, 1.807) is 0 Å². The molecule has 0 saturated carbocycles. The number of rotatable bonds is 16. The van der Waals surface area contributed by atoms with E-state index < -0.39 is 62.6 Å². The first-order valence-corrected chi connectivity index (χ1v) is 7.75. The molecule has 0 aliphatic rings. The third kappa shape index (κ3) is 16.2. The largest absolute Gasteiger partial charge is 4.00 e. The second-order valence-electron chi connectivity index (χ2n) is 5.67. The third-order valence-corrected chi connectivity index (χ3v) is 3.26. The van der Waals surface area contributed by atoms with Gasteiger partial charge in [-0.3, -0.25) is 38.7 Å². The first-order chi connectivity index (χ1) is 12.5. The number of carboxylic acid groups (broad SMARTS) is 5. The molecule has 0 unspecified atom stereocenters. The summed E-state index contributed by atoms with van der Waals surface area (Å²) in [5, 5.41) is 44.1. The summed E-state index contributed by atoms with van der Waals surface area (Å²) < 4.78 is 0. The van der Waals surface area contributed by atoms with Gasteiger partial charge in [-0.15, -0.1) is 0 Å². The standard InChI is InChI=1S/C14H23N3O10.Sn/c18-10(19)5-15(1-3-16(6-11(20)21)7-12(22)23)2-4-17(8-13(24)25)9-14(26)27;/h1-9H2,(H,18,19)(H,20,21)(H,22,23)(H,24,25)(H,26,27);/q;+4/i;1-2. The molecular weight excluding hydrogens is 487 g/mol. The maximum atomic E-state index is 11.0. The van der Waals surface area contributed by atoms with Gasteiger partial charge in [-0.2, -0.15) is 0 Å². The first kappa shape index (κ1) is 28.2. The smallest absolute Gasteiger partial charge is 0.480 e. The van der Waals surface area contributed by atoms with Gasteiger partial charge in [0.2, 0.25) is 0 Å². The van der Waals surface area contributed by atoms with Crippen LogP contribution in [-0.4, -0.2) is 153 Å². The van der Waals surface area contributed by atoms with Gasteiger partial charge < -0.3 is 25.5 Å². The van der Waals surface area contributed by atoms with Gasteiger partial charge in [0.25, 0.3) is 0 Å². The van der Waals surface area contributed by atoms with Crippen LogP contribution in [0.5, 0.6) is 0 Å². The van der Waals surface area contributed by atoms with Gasteiger partial charge in [-0.05, 0) is 0 Å². The van der Waals surface area contributed by atoms with Crippen molar-refractivity contribution in [3.8, 4) is 0 Å². The fourth-order valence-electron chi connectivity index (χ4n) is 2.22. The first-order valence-electron chi connectivity index (χ1n) is 7.75. The van der Waals surface area contributed by atoms with Crippen molar-refractivity contribution in [2.45, 2.75) is 0 Å². The number of aliphatic carboxylic acids is 5. The van der Waals surface area contributed by atoms with Gasteiger partial charge in [-0.25, -0.2) is 0 Å².